The van der Waals surface area contributed by atoms with Crippen LogP contribution in [0.4, 0.5) is 0 Å². The molecule has 0 radical (unpaired) electrons. The van der Waals surface area contributed by atoms with E-state index in [1.165, 1.54) is 41.2 Å². The lowest BCUT2D eigenvalue weighted by atomic mass is 10.2. The zero-order valence-electron chi connectivity index (χ0n) is 16.7. The Labute approximate surface area is 193 Å². The minimum absolute atomic E-state index is 0.120. The van der Waals surface area contributed by atoms with Crippen molar-refractivity contribution in [1.29, 1.82) is 0 Å². The van der Waals surface area contributed by atoms with E-state index in [1.807, 2.05) is 6.07 Å². The van der Waals surface area contributed by atoms with E-state index in [4.69, 9.17) is 21.7 Å². The van der Waals surface area contributed by atoms with Crippen molar-refractivity contribution in [3.8, 4) is 11.5 Å². The highest BCUT2D eigenvalue weighted by molar-refractivity contribution is 8.26. The first-order chi connectivity index (χ1) is 15.5. The standard InChI is InChI=1S/C21H18N4O5S2/c26-18(23-24-19(27)14-5-7-22-8-6-14)2-1-9-25-20(28)17(32-21(25)31)11-13-3-4-15-16(10-13)30-12-29-15/h3-8,10-11H,1-2,9,12H2,(H,23,26)(H,24,27). The minimum Gasteiger partial charge on any atom is -0.454 e. The third kappa shape index (κ3) is 5.06. The number of nitrogens with zero attached hydrogens (tertiary/aromatic N) is 2. The SMILES string of the molecule is O=C(CCCN1C(=O)C(=Cc2ccc3c(c2)OCO3)SC1=S)NNC(=O)c1ccncc1. The minimum atomic E-state index is -0.439. The van der Waals surface area contributed by atoms with E-state index < -0.39 is 5.91 Å². The molecule has 2 N–H and O–H groups in total. The summed E-state index contributed by atoms with van der Waals surface area (Å²) < 4.78 is 11.1. The molecule has 3 amide bonds. The first kappa shape index (κ1) is 21.8. The number of benzene rings is 1. The van der Waals surface area contributed by atoms with Gasteiger partial charge in [0.05, 0.1) is 4.91 Å². The Morgan fingerprint density at radius 3 is 2.75 bits per heavy atom. The van der Waals surface area contributed by atoms with Crippen LogP contribution in [0.3, 0.4) is 0 Å². The monoisotopic (exact) mass is 470 g/mol. The van der Waals surface area contributed by atoms with Gasteiger partial charge in [-0.2, -0.15) is 0 Å². The van der Waals surface area contributed by atoms with Crippen LogP contribution in [-0.2, 0) is 9.59 Å². The molecule has 0 unspecified atom stereocenters. The Hall–Kier alpha value is -3.44. The number of thioether (sulfide) groups is 1. The summed E-state index contributed by atoms with van der Waals surface area (Å²) in [6.07, 6.45) is 5.23. The molecule has 2 aliphatic heterocycles. The molecule has 11 heteroatoms. The zero-order valence-corrected chi connectivity index (χ0v) is 18.3. The predicted octanol–water partition coefficient (Wildman–Crippen LogP) is 2.25. The number of carbonyl (C=O) groups excluding carboxylic acids is 3. The van der Waals surface area contributed by atoms with Crippen LogP contribution in [0, 0.1) is 0 Å². The number of aromatic nitrogens is 1. The molecule has 2 aromatic rings. The lowest BCUT2D eigenvalue weighted by Gasteiger charge is -2.14. The van der Waals surface area contributed by atoms with Crippen molar-refractivity contribution in [2.45, 2.75) is 12.8 Å². The van der Waals surface area contributed by atoms with Crippen molar-refractivity contribution in [3.63, 3.8) is 0 Å². The highest BCUT2D eigenvalue weighted by atomic mass is 32.2. The number of carbonyl (C=O) groups is 3. The van der Waals surface area contributed by atoms with Gasteiger partial charge in [-0.05, 0) is 42.3 Å². The average Bonchev–Trinajstić information content (AvgIpc) is 3.37. The van der Waals surface area contributed by atoms with Gasteiger partial charge >= 0.3 is 0 Å². The number of hydrogen-bond acceptors (Lipinski definition) is 8. The second kappa shape index (κ2) is 9.79. The average molecular weight is 471 g/mol. The molecule has 0 spiro atoms. The molecule has 32 heavy (non-hydrogen) atoms. The molecule has 2 aliphatic rings. The summed E-state index contributed by atoms with van der Waals surface area (Å²) in [5.74, 6) is 0.297. The first-order valence-electron chi connectivity index (χ1n) is 9.65. The van der Waals surface area contributed by atoms with E-state index >= 15 is 0 Å². The summed E-state index contributed by atoms with van der Waals surface area (Å²) in [6.45, 7) is 0.483. The maximum atomic E-state index is 12.7. The number of thiocarbonyl (C=S) groups is 1. The molecule has 164 valence electrons. The van der Waals surface area contributed by atoms with Crippen LogP contribution in [0.1, 0.15) is 28.8 Å². The molecule has 9 nitrogen and oxygen atoms in total. The number of ether oxygens (including phenoxy) is 2. The number of pyridine rings is 1. The van der Waals surface area contributed by atoms with Gasteiger partial charge in [0, 0.05) is 30.9 Å². The summed E-state index contributed by atoms with van der Waals surface area (Å²) >= 11 is 6.54. The second-order valence-corrected chi connectivity index (χ2v) is 8.46. The molecule has 1 saturated heterocycles. The lowest BCUT2D eigenvalue weighted by molar-refractivity contribution is -0.124. The van der Waals surface area contributed by atoms with Crippen molar-refractivity contribution in [3.05, 3.63) is 58.8 Å². The molecule has 1 aromatic carbocycles. The number of amides is 3. The van der Waals surface area contributed by atoms with Crippen LogP contribution < -0.4 is 20.3 Å². The van der Waals surface area contributed by atoms with Crippen molar-refractivity contribution >= 4 is 52.1 Å². The topological polar surface area (TPSA) is 110 Å². The molecule has 0 atom stereocenters. The molecule has 3 heterocycles. The summed E-state index contributed by atoms with van der Waals surface area (Å²) in [4.78, 5) is 42.5. The molecule has 1 aromatic heterocycles. The predicted molar refractivity (Wildman–Crippen MR) is 122 cm³/mol. The third-order valence-corrected chi connectivity index (χ3v) is 5.99. The Morgan fingerprint density at radius 1 is 1.16 bits per heavy atom. The van der Waals surface area contributed by atoms with Gasteiger partial charge in [0.25, 0.3) is 11.8 Å². The fourth-order valence-corrected chi connectivity index (χ4v) is 4.32. The van der Waals surface area contributed by atoms with E-state index in [2.05, 4.69) is 15.8 Å². The fourth-order valence-electron chi connectivity index (χ4n) is 3.01. The third-order valence-electron chi connectivity index (χ3n) is 4.61. The van der Waals surface area contributed by atoms with E-state index in [0.29, 0.717) is 39.3 Å². The van der Waals surface area contributed by atoms with Crippen LogP contribution in [0.25, 0.3) is 6.08 Å². The van der Waals surface area contributed by atoms with Crippen molar-refractivity contribution in [1.82, 2.24) is 20.7 Å². The number of hydrogen-bond donors (Lipinski definition) is 2. The van der Waals surface area contributed by atoms with Crippen molar-refractivity contribution < 1.29 is 23.9 Å². The van der Waals surface area contributed by atoms with Gasteiger partial charge in [0.15, 0.2) is 11.5 Å². The molecule has 0 bridgehead atoms. The largest absolute Gasteiger partial charge is 0.454 e. The Morgan fingerprint density at radius 2 is 1.94 bits per heavy atom. The normalized spacial score (nSPS) is 15.9. The molecular formula is C21H18N4O5S2. The molecule has 0 aliphatic carbocycles. The fraction of sp³-hybridized carbons (Fsp3) is 0.190. The molecule has 0 saturated carbocycles. The van der Waals surface area contributed by atoms with Crippen molar-refractivity contribution in [2.24, 2.45) is 0 Å². The van der Waals surface area contributed by atoms with E-state index in [1.54, 1.807) is 18.2 Å². The first-order valence-corrected chi connectivity index (χ1v) is 10.9. The van der Waals surface area contributed by atoms with Gasteiger partial charge in [0.1, 0.15) is 4.32 Å². The van der Waals surface area contributed by atoms with Gasteiger partial charge in [-0.3, -0.25) is 35.1 Å². The Kier molecular flexibility index (Phi) is 6.66. The summed E-state index contributed by atoms with van der Waals surface area (Å²) in [6, 6.07) is 8.51. The second-order valence-electron chi connectivity index (χ2n) is 6.79. The molecular weight excluding hydrogens is 452 g/mol. The van der Waals surface area contributed by atoms with Gasteiger partial charge in [-0.15, -0.1) is 0 Å². The summed E-state index contributed by atoms with van der Waals surface area (Å²) in [5, 5.41) is 0. The highest BCUT2D eigenvalue weighted by Crippen LogP contribution is 2.36. The quantitative estimate of drug-likeness (QED) is 0.376. The van der Waals surface area contributed by atoms with Gasteiger partial charge < -0.3 is 9.47 Å². The van der Waals surface area contributed by atoms with Crippen LogP contribution in [0.2, 0.25) is 0 Å². The highest BCUT2D eigenvalue weighted by Gasteiger charge is 2.31. The van der Waals surface area contributed by atoms with E-state index in [9.17, 15) is 14.4 Å². The van der Waals surface area contributed by atoms with Crippen LogP contribution in [0.5, 0.6) is 11.5 Å². The van der Waals surface area contributed by atoms with Gasteiger partial charge in [-0.25, -0.2) is 0 Å². The maximum Gasteiger partial charge on any atom is 0.269 e. The van der Waals surface area contributed by atoms with Gasteiger partial charge in [0.2, 0.25) is 12.7 Å². The van der Waals surface area contributed by atoms with Crippen LogP contribution in [-0.4, -0.2) is 45.3 Å². The zero-order chi connectivity index (χ0) is 22.5. The molecule has 4 rings (SSSR count). The number of rotatable bonds is 6. The number of nitrogens with one attached hydrogen (secondary N) is 2. The number of hydrazine groups is 1. The van der Waals surface area contributed by atoms with E-state index in [-0.39, 0.29) is 25.0 Å². The van der Waals surface area contributed by atoms with Crippen molar-refractivity contribution in [2.75, 3.05) is 13.3 Å². The molecule has 1 fully saturated rings. The Bertz CT molecular complexity index is 1110. The Balaban J connectivity index is 1.26. The maximum absolute atomic E-state index is 12.7. The van der Waals surface area contributed by atoms with Crippen LogP contribution in [0.15, 0.2) is 47.6 Å². The van der Waals surface area contributed by atoms with E-state index in [0.717, 1.165) is 5.56 Å². The van der Waals surface area contributed by atoms with Gasteiger partial charge in [-0.1, -0.05) is 30.0 Å². The van der Waals surface area contributed by atoms with Crippen LogP contribution >= 0.6 is 24.0 Å². The number of fused-ring (bicyclic) bond motifs is 1. The summed E-state index contributed by atoms with van der Waals surface area (Å²) in [5.41, 5.74) is 5.88. The smallest absolute Gasteiger partial charge is 0.269 e. The lowest BCUT2D eigenvalue weighted by Crippen LogP contribution is -2.41. The summed E-state index contributed by atoms with van der Waals surface area (Å²) in [7, 11) is 0.